The summed E-state index contributed by atoms with van der Waals surface area (Å²) in [6.07, 6.45) is 5.48. The van der Waals surface area contributed by atoms with Crippen molar-refractivity contribution in [3.05, 3.63) is 31.0 Å². The number of nitrogens with two attached hydrogens (primary N) is 1. The van der Waals surface area contributed by atoms with E-state index in [0.29, 0.717) is 24.3 Å². The monoisotopic (exact) mass is 273 g/mol. The molecular weight excluding hydrogens is 250 g/mol. The Balaban J connectivity index is 2.60. The Morgan fingerprint density at radius 1 is 1.35 bits per heavy atom. The van der Waals surface area contributed by atoms with Gasteiger partial charge in [-0.15, -0.1) is 6.58 Å². The topological polar surface area (TPSA) is 61.7 Å². The number of aromatic nitrogens is 4. The van der Waals surface area contributed by atoms with Crippen molar-refractivity contribution in [3.8, 4) is 11.4 Å². The second-order valence-electron chi connectivity index (χ2n) is 5.54. The van der Waals surface area contributed by atoms with Crippen molar-refractivity contribution in [1.82, 2.24) is 19.1 Å². The first kappa shape index (κ1) is 14.4. The summed E-state index contributed by atoms with van der Waals surface area (Å²) in [5.74, 6) is 1.96. The standard InChI is InChI=1S/C15H23N5/c1-6-7-19-14(16)13(18-15(19)10(2)3)12-8-17-9-20(12)11(4)5/h6,8-11H,1,7,16H2,2-5H3. The zero-order valence-electron chi connectivity index (χ0n) is 12.7. The molecule has 0 amide bonds. The molecule has 0 saturated heterocycles. The molecule has 2 aromatic heterocycles. The predicted molar refractivity (Wildman–Crippen MR) is 82.5 cm³/mol. The summed E-state index contributed by atoms with van der Waals surface area (Å²) < 4.78 is 4.10. The highest BCUT2D eigenvalue weighted by Gasteiger charge is 2.20. The van der Waals surface area contributed by atoms with Crippen molar-refractivity contribution in [2.75, 3.05) is 5.73 Å². The fourth-order valence-electron chi connectivity index (χ4n) is 2.33. The van der Waals surface area contributed by atoms with Crippen molar-refractivity contribution < 1.29 is 0 Å². The zero-order valence-corrected chi connectivity index (χ0v) is 12.7. The van der Waals surface area contributed by atoms with E-state index in [1.165, 1.54) is 0 Å². The molecule has 0 spiro atoms. The second kappa shape index (κ2) is 5.53. The number of anilines is 1. The highest BCUT2D eigenvalue weighted by atomic mass is 15.2. The highest BCUT2D eigenvalue weighted by molar-refractivity contribution is 5.68. The lowest BCUT2D eigenvalue weighted by atomic mass is 10.2. The van der Waals surface area contributed by atoms with Gasteiger partial charge in [0, 0.05) is 18.5 Å². The van der Waals surface area contributed by atoms with Gasteiger partial charge in [-0.1, -0.05) is 19.9 Å². The second-order valence-corrected chi connectivity index (χ2v) is 5.54. The van der Waals surface area contributed by atoms with Crippen LogP contribution in [0.2, 0.25) is 0 Å². The first-order chi connectivity index (χ1) is 9.47. The lowest BCUT2D eigenvalue weighted by molar-refractivity contribution is 0.604. The maximum atomic E-state index is 6.30. The highest BCUT2D eigenvalue weighted by Crippen LogP contribution is 2.30. The molecule has 0 fully saturated rings. The smallest absolute Gasteiger partial charge is 0.133 e. The molecule has 2 N–H and O–H groups in total. The molecule has 20 heavy (non-hydrogen) atoms. The number of rotatable bonds is 5. The molecular formula is C15H23N5. The minimum Gasteiger partial charge on any atom is -0.383 e. The maximum Gasteiger partial charge on any atom is 0.133 e. The van der Waals surface area contributed by atoms with E-state index in [4.69, 9.17) is 10.7 Å². The van der Waals surface area contributed by atoms with Gasteiger partial charge in [-0.2, -0.15) is 0 Å². The average molecular weight is 273 g/mol. The molecule has 2 heterocycles. The number of nitrogens with zero attached hydrogens (tertiary/aromatic N) is 4. The van der Waals surface area contributed by atoms with Crippen LogP contribution in [0, 0.1) is 0 Å². The molecule has 5 heteroatoms. The van der Waals surface area contributed by atoms with Gasteiger partial charge in [-0.25, -0.2) is 9.97 Å². The number of hydrogen-bond acceptors (Lipinski definition) is 3. The van der Waals surface area contributed by atoms with Crippen LogP contribution in [0.5, 0.6) is 0 Å². The SMILES string of the molecule is C=CCn1c(C(C)C)nc(-c2cncn2C(C)C)c1N. The lowest BCUT2D eigenvalue weighted by Gasteiger charge is -2.11. The Bertz CT molecular complexity index is 604. The molecule has 108 valence electrons. The van der Waals surface area contributed by atoms with Crippen LogP contribution in [0.25, 0.3) is 11.4 Å². The lowest BCUT2D eigenvalue weighted by Crippen LogP contribution is -2.07. The van der Waals surface area contributed by atoms with Gasteiger partial charge in [-0.3, -0.25) is 0 Å². The fourth-order valence-corrected chi connectivity index (χ4v) is 2.33. The van der Waals surface area contributed by atoms with E-state index in [1.807, 2.05) is 23.2 Å². The third-order valence-corrected chi connectivity index (χ3v) is 3.33. The molecule has 0 aromatic carbocycles. The Morgan fingerprint density at radius 2 is 2.05 bits per heavy atom. The van der Waals surface area contributed by atoms with Gasteiger partial charge in [0.15, 0.2) is 0 Å². The van der Waals surface area contributed by atoms with E-state index in [1.54, 1.807) is 0 Å². The molecule has 0 bridgehead atoms. The van der Waals surface area contributed by atoms with Gasteiger partial charge in [0.2, 0.25) is 0 Å². The van der Waals surface area contributed by atoms with Crippen molar-refractivity contribution in [2.45, 2.75) is 46.2 Å². The van der Waals surface area contributed by atoms with E-state index >= 15 is 0 Å². The van der Waals surface area contributed by atoms with Gasteiger partial charge in [0.05, 0.1) is 18.2 Å². The van der Waals surface area contributed by atoms with E-state index in [-0.39, 0.29) is 0 Å². The minimum atomic E-state index is 0.307. The molecule has 2 aromatic rings. The summed E-state index contributed by atoms with van der Waals surface area (Å²) in [5.41, 5.74) is 8.07. The van der Waals surface area contributed by atoms with Gasteiger partial charge in [0.25, 0.3) is 0 Å². The molecule has 0 atom stereocenters. The number of imidazole rings is 2. The Morgan fingerprint density at radius 3 is 2.60 bits per heavy atom. The van der Waals surface area contributed by atoms with Crippen LogP contribution in [0.15, 0.2) is 25.2 Å². The summed E-state index contributed by atoms with van der Waals surface area (Å²) in [5, 5.41) is 0. The summed E-state index contributed by atoms with van der Waals surface area (Å²) in [6, 6.07) is 0.318. The molecule has 0 aliphatic carbocycles. The van der Waals surface area contributed by atoms with Crippen molar-refractivity contribution in [2.24, 2.45) is 0 Å². The third kappa shape index (κ3) is 2.35. The number of nitrogen functional groups attached to an aromatic ring is 1. The fraction of sp³-hybridized carbons (Fsp3) is 0.467. The molecule has 5 nitrogen and oxygen atoms in total. The molecule has 2 rings (SSSR count). The van der Waals surface area contributed by atoms with Crippen LogP contribution < -0.4 is 5.73 Å². The molecule has 0 saturated carbocycles. The van der Waals surface area contributed by atoms with Crippen LogP contribution in [0.1, 0.15) is 45.5 Å². The van der Waals surface area contributed by atoms with Crippen molar-refractivity contribution >= 4 is 5.82 Å². The summed E-state index contributed by atoms with van der Waals surface area (Å²) in [7, 11) is 0. The number of hydrogen-bond donors (Lipinski definition) is 1. The quantitative estimate of drug-likeness (QED) is 0.851. The predicted octanol–water partition coefficient (Wildman–Crippen LogP) is 3.22. The summed E-state index contributed by atoms with van der Waals surface area (Å²) in [6.45, 7) is 12.9. The Labute approximate surface area is 120 Å². The van der Waals surface area contributed by atoms with Gasteiger partial charge in [0.1, 0.15) is 17.3 Å². The first-order valence-corrected chi connectivity index (χ1v) is 6.96. The normalized spacial score (nSPS) is 11.5. The van der Waals surface area contributed by atoms with Crippen molar-refractivity contribution in [1.29, 1.82) is 0 Å². The van der Waals surface area contributed by atoms with Crippen LogP contribution >= 0.6 is 0 Å². The van der Waals surface area contributed by atoms with E-state index in [0.717, 1.165) is 17.2 Å². The maximum absolute atomic E-state index is 6.30. The van der Waals surface area contributed by atoms with E-state index < -0.39 is 0 Å². The Hall–Kier alpha value is -2.04. The van der Waals surface area contributed by atoms with Crippen LogP contribution in [0.3, 0.4) is 0 Å². The van der Waals surface area contributed by atoms with Crippen molar-refractivity contribution in [3.63, 3.8) is 0 Å². The van der Waals surface area contributed by atoms with Gasteiger partial charge in [-0.05, 0) is 13.8 Å². The minimum absolute atomic E-state index is 0.307. The van der Waals surface area contributed by atoms with Gasteiger partial charge < -0.3 is 14.9 Å². The average Bonchev–Trinajstić information content (AvgIpc) is 2.96. The van der Waals surface area contributed by atoms with Crippen LogP contribution in [0.4, 0.5) is 5.82 Å². The molecule has 0 aliphatic heterocycles. The van der Waals surface area contributed by atoms with Crippen LogP contribution in [-0.4, -0.2) is 19.1 Å². The summed E-state index contributed by atoms with van der Waals surface area (Å²) in [4.78, 5) is 8.97. The summed E-state index contributed by atoms with van der Waals surface area (Å²) >= 11 is 0. The Kier molecular flexibility index (Phi) is 3.97. The van der Waals surface area contributed by atoms with E-state index in [9.17, 15) is 0 Å². The van der Waals surface area contributed by atoms with Gasteiger partial charge >= 0.3 is 0 Å². The number of allylic oxidation sites excluding steroid dienone is 1. The van der Waals surface area contributed by atoms with Crippen LogP contribution in [-0.2, 0) is 6.54 Å². The molecule has 0 aliphatic rings. The largest absolute Gasteiger partial charge is 0.383 e. The first-order valence-electron chi connectivity index (χ1n) is 6.96. The third-order valence-electron chi connectivity index (χ3n) is 3.33. The zero-order chi connectivity index (χ0) is 14.9. The molecule has 0 unspecified atom stereocenters. The molecule has 0 radical (unpaired) electrons. The van der Waals surface area contributed by atoms with E-state index in [2.05, 4.69) is 43.8 Å².